The van der Waals surface area contributed by atoms with Gasteiger partial charge in [0.1, 0.15) is 0 Å². The van der Waals surface area contributed by atoms with Gasteiger partial charge < -0.3 is 0 Å². The van der Waals surface area contributed by atoms with Crippen molar-refractivity contribution in [3.05, 3.63) is 154 Å². The maximum absolute atomic E-state index is 4.84. The number of nitrogens with zero attached hydrogens (tertiary/aromatic N) is 2. The van der Waals surface area contributed by atoms with Crippen LogP contribution in [0.15, 0.2) is 132 Å². The second kappa shape index (κ2) is 10.2. The molecule has 0 aliphatic heterocycles. The summed E-state index contributed by atoms with van der Waals surface area (Å²) in [6.45, 7) is 0. The minimum Gasteiger partial charge on any atom is -0.242 e. The summed E-state index contributed by atoms with van der Waals surface area (Å²) in [6.07, 6.45) is 1.82. The van der Waals surface area contributed by atoms with Crippen LogP contribution in [0.4, 0.5) is 0 Å². The Morgan fingerprint density at radius 3 is 1.47 bits per heavy atom. The molecule has 0 aliphatic carbocycles. The minimum absolute atomic E-state index is 0.962. The predicted molar refractivity (Wildman–Crippen MR) is 153 cm³/mol. The summed E-state index contributed by atoms with van der Waals surface area (Å²) < 4.78 is 0. The van der Waals surface area contributed by atoms with E-state index in [4.69, 9.17) is 4.98 Å². The molecule has 0 N–H and O–H groups in total. The molecular weight excluding hydrogens is 477 g/mol. The van der Waals surface area contributed by atoms with Crippen LogP contribution in [0, 0.1) is 0 Å². The first-order chi connectivity index (χ1) is 17.9. The van der Waals surface area contributed by atoms with E-state index in [-0.39, 0.29) is 0 Å². The van der Waals surface area contributed by atoms with Gasteiger partial charge in [-0.1, -0.05) is 115 Å². The Kier molecular flexibility index (Phi) is 6.36. The van der Waals surface area contributed by atoms with Crippen LogP contribution in [0.5, 0.6) is 0 Å². The van der Waals surface area contributed by atoms with Crippen molar-refractivity contribution in [3.8, 4) is 21.3 Å². The molecule has 0 radical (unpaired) electrons. The fraction of sp³-hybridized carbons (Fsp3) is 0. The van der Waals surface area contributed by atoms with Crippen molar-refractivity contribution in [3.63, 3.8) is 0 Å². The lowest BCUT2D eigenvalue weighted by Gasteiger charge is -2.18. The highest BCUT2D eigenvalue weighted by atomic mass is 32.1. The van der Waals surface area contributed by atoms with E-state index in [1.165, 1.54) is 33.4 Å². The number of hydrogen-bond donors (Lipinski definition) is 0. The molecule has 0 saturated heterocycles. The molecule has 0 atom stereocenters. The van der Waals surface area contributed by atoms with E-state index < -0.39 is 0 Å². The van der Waals surface area contributed by atoms with Crippen LogP contribution in [0.3, 0.4) is 0 Å². The van der Waals surface area contributed by atoms with Gasteiger partial charge in [0.15, 0.2) is 10.0 Å². The van der Waals surface area contributed by atoms with Gasteiger partial charge in [-0.15, -0.1) is 22.7 Å². The molecule has 6 aromatic rings. The zero-order chi connectivity index (χ0) is 24.2. The molecule has 0 saturated carbocycles. The van der Waals surface area contributed by atoms with E-state index in [2.05, 4.69) is 126 Å². The van der Waals surface area contributed by atoms with E-state index in [9.17, 15) is 0 Å². The van der Waals surface area contributed by atoms with E-state index in [1.54, 1.807) is 22.7 Å². The van der Waals surface area contributed by atoms with Crippen LogP contribution in [0.25, 0.3) is 32.4 Å². The molecule has 0 amide bonds. The Labute approximate surface area is 218 Å². The zero-order valence-electron chi connectivity index (χ0n) is 19.4. The average molecular weight is 499 g/mol. The van der Waals surface area contributed by atoms with Gasteiger partial charge in [0.2, 0.25) is 0 Å². The molecule has 6 rings (SSSR count). The monoisotopic (exact) mass is 498 g/mol. The lowest BCUT2D eigenvalue weighted by atomic mass is 9.85. The van der Waals surface area contributed by atoms with Crippen molar-refractivity contribution in [1.29, 1.82) is 0 Å². The number of aromatic nitrogens is 2. The SMILES string of the molecule is c1ccc(C(=C(c2ccccc2)c2ccc(-c3csc(-c4nccs4)n3)cc2)c2ccccc2)cc1. The Morgan fingerprint density at radius 2 is 1.00 bits per heavy atom. The third-order valence-corrected chi connectivity index (χ3v) is 7.78. The first kappa shape index (κ1) is 22.4. The summed E-state index contributed by atoms with van der Waals surface area (Å²) in [5.74, 6) is 0. The van der Waals surface area contributed by atoms with Gasteiger partial charge >= 0.3 is 0 Å². The summed E-state index contributed by atoms with van der Waals surface area (Å²) in [4.78, 5) is 9.24. The molecule has 36 heavy (non-hydrogen) atoms. The number of hydrogen-bond acceptors (Lipinski definition) is 4. The van der Waals surface area contributed by atoms with Crippen LogP contribution in [0.2, 0.25) is 0 Å². The molecule has 0 spiro atoms. The van der Waals surface area contributed by atoms with Gasteiger partial charge in [0.25, 0.3) is 0 Å². The Morgan fingerprint density at radius 1 is 0.500 bits per heavy atom. The van der Waals surface area contributed by atoms with Crippen molar-refractivity contribution in [2.45, 2.75) is 0 Å². The van der Waals surface area contributed by atoms with Crippen molar-refractivity contribution >= 4 is 33.8 Å². The van der Waals surface area contributed by atoms with E-state index in [1.807, 2.05) is 11.6 Å². The summed E-state index contributed by atoms with van der Waals surface area (Å²) >= 11 is 3.25. The van der Waals surface area contributed by atoms with Gasteiger partial charge in [-0.05, 0) is 33.4 Å². The fourth-order valence-corrected chi connectivity index (χ4v) is 5.89. The topological polar surface area (TPSA) is 25.8 Å². The first-order valence-electron chi connectivity index (χ1n) is 11.7. The predicted octanol–water partition coefficient (Wildman–Crippen LogP) is 8.94. The van der Waals surface area contributed by atoms with Crippen molar-refractivity contribution in [2.75, 3.05) is 0 Å². The van der Waals surface area contributed by atoms with Gasteiger partial charge in [-0.3, -0.25) is 0 Å². The smallest absolute Gasteiger partial charge is 0.152 e. The molecule has 172 valence electrons. The third-order valence-electron chi connectivity index (χ3n) is 6.03. The summed E-state index contributed by atoms with van der Waals surface area (Å²) in [7, 11) is 0. The highest BCUT2D eigenvalue weighted by Gasteiger charge is 2.16. The van der Waals surface area contributed by atoms with Crippen molar-refractivity contribution in [1.82, 2.24) is 9.97 Å². The summed E-state index contributed by atoms with van der Waals surface area (Å²) in [5, 5.41) is 6.02. The van der Waals surface area contributed by atoms with E-state index in [0.29, 0.717) is 0 Å². The number of benzene rings is 4. The second-order valence-corrected chi connectivity index (χ2v) is 10.1. The highest BCUT2D eigenvalue weighted by Crippen LogP contribution is 2.38. The minimum atomic E-state index is 0.962. The van der Waals surface area contributed by atoms with Crippen molar-refractivity contribution < 1.29 is 0 Å². The van der Waals surface area contributed by atoms with Crippen LogP contribution < -0.4 is 0 Å². The molecule has 0 fully saturated rings. The molecule has 2 heterocycles. The van der Waals surface area contributed by atoms with Crippen LogP contribution in [0.1, 0.15) is 22.3 Å². The number of rotatable bonds is 6. The van der Waals surface area contributed by atoms with Crippen LogP contribution in [-0.4, -0.2) is 9.97 Å². The van der Waals surface area contributed by atoms with Gasteiger partial charge in [0.05, 0.1) is 5.69 Å². The normalized spacial score (nSPS) is 10.8. The maximum Gasteiger partial charge on any atom is 0.152 e. The van der Waals surface area contributed by atoms with E-state index in [0.717, 1.165) is 21.3 Å². The van der Waals surface area contributed by atoms with Crippen molar-refractivity contribution in [2.24, 2.45) is 0 Å². The third kappa shape index (κ3) is 4.57. The number of thiazole rings is 2. The Bertz CT molecular complexity index is 1540. The highest BCUT2D eigenvalue weighted by molar-refractivity contribution is 7.19. The molecule has 0 aliphatic rings. The van der Waals surface area contributed by atoms with E-state index >= 15 is 0 Å². The lowest BCUT2D eigenvalue weighted by Crippen LogP contribution is -1.97. The molecule has 2 aromatic heterocycles. The quantitative estimate of drug-likeness (QED) is 0.214. The summed E-state index contributed by atoms with van der Waals surface area (Å²) in [5.41, 5.74) is 9.25. The first-order valence-corrected chi connectivity index (χ1v) is 13.5. The van der Waals surface area contributed by atoms with Gasteiger partial charge in [-0.2, -0.15) is 0 Å². The standard InChI is InChI=1S/C32H22N2S2/c1-4-10-24(11-5-1)29(25-12-6-2-7-13-25)30(26-14-8-3-9-15-26)27-18-16-23(17-19-27)28-22-36-32(34-28)31-33-20-21-35-31/h1-22H. The lowest BCUT2D eigenvalue weighted by molar-refractivity contribution is 1.35. The largest absolute Gasteiger partial charge is 0.242 e. The summed E-state index contributed by atoms with van der Waals surface area (Å²) in [6, 6.07) is 40.7. The Balaban J connectivity index is 1.50. The zero-order valence-corrected chi connectivity index (χ0v) is 21.0. The molecule has 2 nitrogen and oxygen atoms in total. The molecule has 4 aromatic carbocycles. The molecule has 4 heteroatoms. The fourth-order valence-electron chi connectivity index (χ4n) is 4.37. The molecule has 0 bridgehead atoms. The average Bonchev–Trinajstić information content (AvgIpc) is 3.66. The Hall–Kier alpha value is -4.12. The van der Waals surface area contributed by atoms with Crippen LogP contribution in [-0.2, 0) is 0 Å². The van der Waals surface area contributed by atoms with Gasteiger partial charge in [0, 0.05) is 22.5 Å². The second-order valence-electron chi connectivity index (χ2n) is 8.30. The maximum atomic E-state index is 4.84. The van der Waals surface area contributed by atoms with Gasteiger partial charge in [-0.25, -0.2) is 9.97 Å². The van der Waals surface area contributed by atoms with Crippen LogP contribution >= 0.6 is 22.7 Å². The molecule has 0 unspecified atom stereocenters. The molecular formula is C32H22N2S2.